The molecule has 1 aromatic carbocycles. The Kier molecular flexibility index (Phi) is 4.95. The van der Waals surface area contributed by atoms with Gasteiger partial charge in [-0.15, -0.1) is 0 Å². The molecule has 2 unspecified atom stereocenters. The minimum Gasteiger partial charge on any atom is -0.314 e. The largest absolute Gasteiger partial charge is 0.314 e. The molecule has 0 saturated heterocycles. The zero-order chi connectivity index (χ0) is 14.6. The van der Waals surface area contributed by atoms with E-state index in [9.17, 15) is 9.47 Å². The molecule has 0 amide bonds. The Balaban J connectivity index is 1.81. The molecule has 0 radical (unpaired) electrons. The van der Waals surface area contributed by atoms with Crippen LogP contribution in [0.1, 0.15) is 31.7 Å². The number of benzene rings is 1. The fraction of sp³-hybridized carbons (Fsp3) is 0.562. The van der Waals surface area contributed by atoms with E-state index < -0.39 is 10.8 Å². The van der Waals surface area contributed by atoms with E-state index in [2.05, 4.69) is 11.4 Å². The van der Waals surface area contributed by atoms with E-state index in [0.29, 0.717) is 6.04 Å². The number of nitrogens with one attached hydrogen (secondary N) is 1. The lowest BCUT2D eigenvalue weighted by Crippen LogP contribution is -2.51. The van der Waals surface area contributed by atoms with Gasteiger partial charge >= 0.3 is 0 Å². The minimum atomic E-state index is -0.748. The number of nitrogens with zero attached hydrogens (tertiary/aromatic N) is 1. The maximum atomic E-state index is 11.3. The molecule has 0 spiro atoms. The van der Waals surface area contributed by atoms with Crippen LogP contribution in [0.25, 0.3) is 0 Å². The van der Waals surface area contributed by atoms with E-state index in [4.69, 9.17) is 0 Å². The summed E-state index contributed by atoms with van der Waals surface area (Å²) in [6.07, 6.45) is 4.42. The summed E-state index contributed by atoms with van der Waals surface area (Å²) in [6, 6.07) is 13.0. The van der Waals surface area contributed by atoms with Crippen LogP contribution in [0.4, 0.5) is 0 Å². The fourth-order valence-corrected chi connectivity index (χ4v) is 3.18. The van der Waals surface area contributed by atoms with Gasteiger partial charge in [-0.1, -0.05) is 37.3 Å². The Morgan fingerprint density at radius 3 is 2.65 bits per heavy atom. The van der Waals surface area contributed by atoms with Crippen molar-refractivity contribution in [1.29, 1.82) is 5.26 Å². The number of rotatable bonds is 6. The summed E-state index contributed by atoms with van der Waals surface area (Å²) < 4.78 is 11.3. The Morgan fingerprint density at radius 2 is 2.10 bits per heavy atom. The monoisotopic (exact) mass is 290 g/mol. The molecule has 0 bridgehead atoms. The molecule has 1 aliphatic carbocycles. The van der Waals surface area contributed by atoms with Crippen LogP contribution in [0.5, 0.6) is 0 Å². The molecular formula is C16H22N2OS. The van der Waals surface area contributed by atoms with Crippen molar-refractivity contribution in [2.24, 2.45) is 0 Å². The zero-order valence-corrected chi connectivity index (χ0v) is 13.0. The highest BCUT2D eigenvalue weighted by molar-refractivity contribution is 7.84. The first-order valence-electron chi connectivity index (χ1n) is 7.10. The quantitative estimate of drug-likeness (QED) is 0.875. The van der Waals surface area contributed by atoms with Gasteiger partial charge in [-0.05, 0) is 31.4 Å². The molecule has 1 fully saturated rings. The second-order valence-electron chi connectivity index (χ2n) is 5.72. The zero-order valence-electron chi connectivity index (χ0n) is 12.1. The summed E-state index contributed by atoms with van der Waals surface area (Å²) in [4.78, 5) is 0. The van der Waals surface area contributed by atoms with Crippen LogP contribution < -0.4 is 5.32 Å². The van der Waals surface area contributed by atoms with Crippen molar-refractivity contribution in [3.8, 4) is 6.07 Å². The van der Waals surface area contributed by atoms with Gasteiger partial charge in [0.25, 0.3) is 0 Å². The molecule has 0 aliphatic heterocycles. The molecule has 2 rings (SSSR count). The van der Waals surface area contributed by atoms with E-state index in [1.54, 1.807) is 6.26 Å². The molecule has 0 heterocycles. The topological polar surface area (TPSA) is 52.9 Å². The normalized spacial score (nSPS) is 28.1. The first-order valence-corrected chi connectivity index (χ1v) is 8.72. The van der Waals surface area contributed by atoms with Crippen molar-refractivity contribution in [3.05, 3.63) is 35.9 Å². The molecule has 3 nitrogen and oxygen atoms in total. The summed E-state index contributed by atoms with van der Waals surface area (Å²) in [6.45, 7) is 2.89. The van der Waals surface area contributed by atoms with Crippen molar-refractivity contribution in [3.63, 3.8) is 0 Å². The van der Waals surface area contributed by atoms with Crippen molar-refractivity contribution >= 4 is 10.8 Å². The van der Waals surface area contributed by atoms with Crippen LogP contribution in [0.2, 0.25) is 0 Å². The summed E-state index contributed by atoms with van der Waals surface area (Å²) in [5.74, 6) is 0. The smallest absolute Gasteiger partial charge is 0.0852 e. The van der Waals surface area contributed by atoms with Gasteiger partial charge in [0.05, 0.1) is 11.5 Å². The van der Waals surface area contributed by atoms with E-state index in [1.165, 1.54) is 0 Å². The van der Waals surface area contributed by atoms with Crippen LogP contribution in [-0.2, 0) is 16.2 Å². The van der Waals surface area contributed by atoms with Gasteiger partial charge in [-0.25, -0.2) is 0 Å². The molecule has 0 aromatic heterocycles. The first kappa shape index (κ1) is 15.2. The highest BCUT2D eigenvalue weighted by Crippen LogP contribution is 2.43. The van der Waals surface area contributed by atoms with Crippen molar-refractivity contribution in [2.45, 2.75) is 42.9 Å². The molecule has 2 atom stereocenters. The highest BCUT2D eigenvalue weighted by atomic mass is 32.2. The molecule has 20 heavy (non-hydrogen) atoms. The van der Waals surface area contributed by atoms with Crippen molar-refractivity contribution in [1.82, 2.24) is 5.32 Å². The SMILES string of the molecule is CC(CCNC1CC(C#N)(c2ccccc2)C1)S(C)=O. The van der Waals surface area contributed by atoms with Crippen LogP contribution in [0.15, 0.2) is 30.3 Å². The van der Waals surface area contributed by atoms with Gasteiger partial charge in [0.15, 0.2) is 0 Å². The number of hydrogen-bond acceptors (Lipinski definition) is 3. The maximum absolute atomic E-state index is 11.3. The Labute approximate surface area is 123 Å². The lowest BCUT2D eigenvalue weighted by atomic mass is 9.62. The van der Waals surface area contributed by atoms with Gasteiger partial charge in [-0.3, -0.25) is 4.21 Å². The summed E-state index contributed by atoms with van der Waals surface area (Å²) in [7, 11) is -0.748. The van der Waals surface area contributed by atoms with Gasteiger partial charge in [0, 0.05) is 28.3 Å². The first-order chi connectivity index (χ1) is 9.57. The van der Waals surface area contributed by atoms with Crippen LogP contribution in [0, 0.1) is 11.3 Å². The lowest BCUT2D eigenvalue weighted by molar-refractivity contribution is 0.227. The van der Waals surface area contributed by atoms with Crippen LogP contribution in [-0.4, -0.2) is 28.3 Å². The number of nitriles is 1. The summed E-state index contributed by atoms with van der Waals surface area (Å²) in [5, 5.41) is 13.2. The van der Waals surface area contributed by atoms with Crippen LogP contribution in [0.3, 0.4) is 0 Å². The Morgan fingerprint density at radius 1 is 1.45 bits per heavy atom. The second-order valence-corrected chi connectivity index (χ2v) is 7.52. The van der Waals surface area contributed by atoms with E-state index in [0.717, 1.165) is 31.4 Å². The van der Waals surface area contributed by atoms with Gasteiger partial charge in [0.2, 0.25) is 0 Å². The molecule has 1 N–H and O–H groups in total. The van der Waals surface area contributed by atoms with Crippen molar-refractivity contribution < 1.29 is 4.21 Å². The third kappa shape index (κ3) is 3.28. The standard InChI is InChI=1S/C16H22N2OS/c1-13(20(2)19)8-9-18-15-10-16(11-15,12-17)14-6-4-3-5-7-14/h3-7,13,15,18H,8-11H2,1-2H3. The van der Waals surface area contributed by atoms with Crippen molar-refractivity contribution in [2.75, 3.05) is 12.8 Å². The van der Waals surface area contributed by atoms with E-state index in [-0.39, 0.29) is 10.7 Å². The van der Waals surface area contributed by atoms with Gasteiger partial charge < -0.3 is 5.32 Å². The maximum Gasteiger partial charge on any atom is 0.0852 e. The average molecular weight is 290 g/mol. The molecule has 1 aromatic rings. The third-order valence-corrected chi connectivity index (χ3v) is 5.65. The Hall–Kier alpha value is -1.18. The minimum absolute atomic E-state index is 0.234. The predicted molar refractivity (Wildman–Crippen MR) is 82.9 cm³/mol. The molecule has 1 saturated carbocycles. The molecule has 108 valence electrons. The lowest BCUT2D eigenvalue weighted by Gasteiger charge is -2.43. The predicted octanol–water partition coefficient (Wildman–Crippen LogP) is 2.36. The van der Waals surface area contributed by atoms with E-state index >= 15 is 0 Å². The Bertz CT molecular complexity index is 503. The average Bonchev–Trinajstić information content (AvgIpc) is 2.42. The fourth-order valence-electron chi connectivity index (χ4n) is 2.73. The summed E-state index contributed by atoms with van der Waals surface area (Å²) >= 11 is 0. The van der Waals surface area contributed by atoms with E-state index in [1.807, 2.05) is 37.3 Å². The number of hydrogen-bond donors (Lipinski definition) is 1. The summed E-state index contributed by atoms with van der Waals surface area (Å²) in [5.41, 5.74) is 0.821. The van der Waals surface area contributed by atoms with Gasteiger partial charge in [0.1, 0.15) is 0 Å². The molecule has 1 aliphatic rings. The third-order valence-electron chi connectivity index (χ3n) is 4.28. The van der Waals surface area contributed by atoms with Crippen LogP contribution >= 0.6 is 0 Å². The highest BCUT2D eigenvalue weighted by Gasteiger charge is 2.45. The molecule has 4 heteroatoms. The van der Waals surface area contributed by atoms with Gasteiger partial charge in [-0.2, -0.15) is 5.26 Å². The molecular weight excluding hydrogens is 268 g/mol. The second kappa shape index (κ2) is 6.51.